The smallest absolute Gasteiger partial charge is 0.242 e. The van der Waals surface area contributed by atoms with Crippen molar-refractivity contribution in [3.05, 3.63) is 29.8 Å². The van der Waals surface area contributed by atoms with Gasteiger partial charge in [-0.25, -0.2) is 12.7 Å². The van der Waals surface area contributed by atoms with E-state index in [0.717, 1.165) is 24.8 Å². The highest BCUT2D eigenvalue weighted by molar-refractivity contribution is 7.89. The maximum atomic E-state index is 12.3. The third kappa shape index (κ3) is 3.10. The van der Waals surface area contributed by atoms with Crippen molar-refractivity contribution in [1.29, 1.82) is 0 Å². The van der Waals surface area contributed by atoms with Gasteiger partial charge in [-0.2, -0.15) is 0 Å². The van der Waals surface area contributed by atoms with Crippen LogP contribution in [0.25, 0.3) is 0 Å². The van der Waals surface area contributed by atoms with E-state index < -0.39 is 10.0 Å². The normalized spacial score (nSPS) is 16.2. The zero-order valence-electron chi connectivity index (χ0n) is 10.7. The summed E-state index contributed by atoms with van der Waals surface area (Å²) in [6.07, 6.45) is 3.07. The van der Waals surface area contributed by atoms with E-state index >= 15 is 0 Å². The van der Waals surface area contributed by atoms with Gasteiger partial charge >= 0.3 is 0 Å². The van der Waals surface area contributed by atoms with Crippen LogP contribution in [-0.4, -0.2) is 32.9 Å². The summed E-state index contributed by atoms with van der Waals surface area (Å²) in [6, 6.07) is 7.02. The van der Waals surface area contributed by atoms with Crippen LogP contribution in [0.15, 0.2) is 29.2 Å². The number of nitrogens with two attached hydrogens (primary N) is 1. The molecule has 0 radical (unpaired) electrons. The maximum absolute atomic E-state index is 12.3. The molecule has 0 atom stereocenters. The second-order valence-electron chi connectivity index (χ2n) is 4.91. The van der Waals surface area contributed by atoms with Crippen LogP contribution in [0.1, 0.15) is 18.4 Å². The van der Waals surface area contributed by atoms with Crippen LogP contribution < -0.4 is 5.73 Å². The van der Waals surface area contributed by atoms with Crippen molar-refractivity contribution in [3.63, 3.8) is 0 Å². The van der Waals surface area contributed by atoms with Crippen LogP contribution in [0.4, 0.5) is 0 Å². The number of rotatable bonds is 6. The van der Waals surface area contributed by atoms with Crippen LogP contribution in [0.3, 0.4) is 0 Å². The summed E-state index contributed by atoms with van der Waals surface area (Å²) in [4.78, 5) is 0.367. The van der Waals surface area contributed by atoms with E-state index in [1.165, 1.54) is 4.31 Å². The lowest BCUT2D eigenvalue weighted by Crippen LogP contribution is -2.28. The molecule has 0 bridgehead atoms. The Labute approximate surface area is 109 Å². The molecule has 1 saturated carbocycles. The Bertz CT molecular complexity index is 492. The Hall–Kier alpha value is -0.910. The summed E-state index contributed by atoms with van der Waals surface area (Å²) in [5.74, 6) is 0.557. The largest absolute Gasteiger partial charge is 0.330 e. The van der Waals surface area contributed by atoms with Crippen molar-refractivity contribution in [3.8, 4) is 0 Å². The first-order chi connectivity index (χ1) is 8.54. The highest BCUT2D eigenvalue weighted by Gasteiger charge is 2.28. The van der Waals surface area contributed by atoms with Gasteiger partial charge in [0, 0.05) is 13.6 Å². The Morgan fingerprint density at radius 1 is 1.28 bits per heavy atom. The molecule has 0 heterocycles. The fourth-order valence-corrected chi connectivity index (χ4v) is 3.18. The van der Waals surface area contributed by atoms with E-state index in [9.17, 15) is 8.42 Å². The molecule has 4 nitrogen and oxygen atoms in total. The van der Waals surface area contributed by atoms with Gasteiger partial charge in [0.05, 0.1) is 4.90 Å². The highest BCUT2D eigenvalue weighted by Crippen LogP contribution is 2.30. The minimum Gasteiger partial charge on any atom is -0.330 e. The first kappa shape index (κ1) is 13.5. The molecule has 1 aliphatic rings. The second-order valence-corrected chi connectivity index (χ2v) is 6.96. The van der Waals surface area contributed by atoms with Crippen molar-refractivity contribution >= 4 is 10.0 Å². The molecule has 5 heteroatoms. The number of benzene rings is 1. The van der Waals surface area contributed by atoms with Gasteiger partial charge in [0.1, 0.15) is 0 Å². The molecule has 0 amide bonds. The Morgan fingerprint density at radius 3 is 2.39 bits per heavy atom. The minimum absolute atomic E-state index is 0.367. The predicted octanol–water partition coefficient (Wildman–Crippen LogP) is 1.22. The zero-order valence-corrected chi connectivity index (χ0v) is 11.5. The molecule has 1 aromatic rings. The van der Waals surface area contributed by atoms with Gasteiger partial charge in [0.2, 0.25) is 10.0 Å². The first-order valence-corrected chi connectivity index (χ1v) is 7.73. The van der Waals surface area contributed by atoms with E-state index in [-0.39, 0.29) is 0 Å². The van der Waals surface area contributed by atoms with Crippen molar-refractivity contribution in [2.24, 2.45) is 11.7 Å². The molecule has 2 rings (SSSR count). The molecule has 1 aliphatic carbocycles. The molecule has 1 aromatic carbocycles. The molecule has 0 saturated heterocycles. The fraction of sp³-hybridized carbons (Fsp3) is 0.538. The van der Waals surface area contributed by atoms with Gasteiger partial charge in [-0.3, -0.25) is 0 Å². The van der Waals surface area contributed by atoms with E-state index in [2.05, 4.69) is 0 Å². The van der Waals surface area contributed by atoms with E-state index in [4.69, 9.17) is 5.73 Å². The summed E-state index contributed by atoms with van der Waals surface area (Å²) in [7, 11) is -1.67. The summed E-state index contributed by atoms with van der Waals surface area (Å²) < 4.78 is 26.0. The molecule has 0 spiro atoms. The third-order valence-corrected chi connectivity index (χ3v) is 5.11. The number of hydrogen-bond donors (Lipinski definition) is 1. The van der Waals surface area contributed by atoms with Crippen molar-refractivity contribution in [2.45, 2.75) is 24.2 Å². The lowest BCUT2D eigenvalue weighted by atomic mass is 10.2. The Kier molecular flexibility index (Phi) is 4.04. The summed E-state index contributed by atoms with van der Waals surface area (Å²) in [5, 5.41) is 0. The van der Waals surface area contributed by atoms with Crippen LogP contribution in [0.2, 0.25) is 0 Å². The lowest BCUT2D eigenvalue weighted by molar-refractivity contribution is 0.453. The Balaban J connectivity index is 2.12. The van der Waals surface area contributed by atoms with Crippen molar-refractivity contribution < 1.29 is 8.42 Å². The molecule has 2 N–H and O–H groups in total. The predicted molar refractivity (Wildman–Crippen MR) is 71.7 cm³/mol. The topological polar surface area (TPSA) is 63.4 Å². The van der Waals surface area contributed by atoms with Gasteiger partial charge in [-0.05, 0) is 49.4 Å². The van der Waals surface area contributed by atoms with Gasteiger partial charge < -0.3 is 5.73 Å². The van der Waals surface area contributed by atoms with E-state index in [0.29, 0.717) is 23.9 Å². The van der Waals surface area contributed by atoms with Crippen LogP contribution in [0, 0.1) is 5.92 Å². The molecule has 0 aromatic heterocycles. The van der Waals surface area contributed by atoms with E-state index in [1.54, 1.807) is 19.2 Å². The van der Waals surface area contributed by atoms with Gasteiger partial charge in [-0.1, -0.05) is 12.1 Å². The number of sulfonamides is 1. The number of nitrogens with zero attached hydrogens (tertiary/aromatic N) is 1. The molecular weight excluding hydrogens is 248 g/mol. The molecule has 100 valence electrons. The van der Waals surface area contributed by atoms with E-state index in [1.807, 2.05) is 12.1 Å². The average Bonchev–Trinajstić information content (AvgIpc) is 3.14. The molecule has 0 unspecified atom stereocenters. The maximum Gasteiger partial charge on any atom is 0.242 e. The highest BCUT2D eigenvalue weighted by atomic mass is 32.2. The van der Waals surface area contributed by atoms with Crippen LogP contribution >= 0.6 is 0 Å². The Morgan fingerprint density at radius 2 is 1.89 bits per heavy atom. The monoisotopic (exact) mass is 268 g/mol. The SMILES string of the molecule is CN(CC1CC1)S(=O)(=O)c1ccc(CCN)cc1. The third-order valence-electron chi connectivity index (χ3n) is 3.28. The van der Waals surface area contributed by atoms with Crippen LogP contribution in [-0.2, 0) is 16.4 Å². The average molecular weight is 268 g/mol. The first-order valence-electron chi connectivity index (χ1n) is 6.29. The summed E-state index contributed by atoms with van der Waals surface area (Å²) in [6.45, 7) is 1.21. The molecule has 1 fully saturated rings. The van der Waals surface area contributed by atoms with Gasteiger partial charge in [0.15, 0.2) is 0 Å². The van der Waals surface area contributed by atoms with Crippen LogP contribution in [0.5, 0.6) is 0 Å². The summed E-state index contributed by atoms with van der Waals surface area (Å²) in [5.41, 5.74) is 6.54. The quantitative estimate of drug-likeness (QED) is 0.843. The standard InChI is InChI=1S/C13H20N2O2S/c1-15(10-12-2-3-12)18(16,17)13-6-4-11(5-7-13)8-9-14/h4-7,12H,2-3,8-10,14H2,1H3. The lowest BCUT2D eigenvalue weighted by Gasteiger charge is -2.17. The van der Waals surface area contributed by atoms with Gasteiger partial charge in [-0.15, -0.1) is 0 Å². The van der Waals surface area contributed by atoms with Crippen molar-refractivity contribution in [1.82, 2.24) is 4.31 Å². The second kappa shape index (κ2) is 5.38. The summed E-state index contributed by atoms with van der Waals surface area (Å²) >= 11 is 0. The van der Waals surface area contributed by atoms with Gasteiger partial charge in [0.25, 0.3) is 0 Å². The fourth-order valence-electron chi connectivity index (χ4n) is 1.94. The number of hydrogen-bond acceptors (Lipinski definition) is 3. The molecule has 0 aliphatic heterocycles. The minimum atomic E-state index is -3.32. The molecular formula is C13H20N2O2S. The zero-order chi connectivity index (χ0) is 13.2. The molecule has 18 heavy (non-hydrogen) atoms. The van der Waals surface area contributed by atoms with Crippen molar-refractivity contribution in [2.75, 3.05) is 20.1 Å².